The lowest BCUT2D eigenvalue weighted by molar-refractivity contribution is 0.629. The molecule has 4 heteroatoms. The molecule has 1 aliphatic heterocycles. The van der Waals surface area contributed by atoms with Crippen molar-refractivity contribution in [1.82, 2.24) is 0 Å². The summed E-state index contributed by atoms with van der Waals surface area (Å²) in [5.41, 5.74) is 1.87. The molecular weight excluding hydrogens is 281 g/mol. The molecule has 1 atom stereocenters. The molecule has 1 nitrogen and oxygen atoms in total. The summed E-state index contributed by atoms with van der Waals surface area (Å²) in [6.45, 7) is 0.739. The number of hydrogen-bond donors (Lipinski definition) is 1. The van der Waals surface area contributed by atoms with Gasteiger partial charge in [0.15, 0.2) is 0 Å². The van der Waals surface area contributed by atoms with Gasteiger partial charge in [-0.2, -0.15) is 0 Å². The van der Waals surface area contributed by atoms with Crippen LogP contribution in [0.15, 0.2) is 47.4 Å². The van der Waals surface area contributed by atoms with Gasteiger partial charge in [0, 0.05) is 28.1 Å². The number of benzene rings is 2. The van der Waals surface area contributed by atoms with Crippen LogP contribution in [0.4, 0.5) is 10.1 Å². The molecule has 1 N–H and O–H groups in total. The molecule has 0 fully saturated rings. The van der Waals surface area contributed by atoms with Crippen LogP contribution in [-0.2, 0) is 0 Å². The zero-order chi connectivity index (χ0) is 13.2. The molecule has 2 aromatic rings. The Bertz CT molecular complexity index is 602. The molecule has 2 aromatic carbocycles. The number of rotatable bonds is 3. The quantitative estimate of drug-likeness (QED) is 0.874. The van der Waals surface area contributed by atoms with Gasteiger partial charge in [-0.1, -0.05) is 29.8 Å². The van der Waals surface area contributed by atoms with Crippen LogP contribution >= 0.6 is 23.4 Å². The molecule has 19 heavy (non-hydrogen) atoms. The second kappa shape index (κ2) is 5.43. The van der Waals surface area contributed by atoms with Gasteiger partial charge >= 0.3 is 0 Å². The van der Waals surface area contributed by atoms with Crippen LogP contribution in [0.25, 0.3) is 0 Å². The lowest BCUT2D eigenvalue weighted by Gasteiger charge is -2.13. The maximum absolute atomic E-state index is 13.7. The Kier molecular flexibility index (Phi) is 3.67. The largest absolute Gasteiger partial charge is 0.382 e. The van der Waals surface area contributed by atoms with Crippen molar-refractivity contribution >= 4 is 29.1 Å². The van der Waals surface area contributed by atoms with Gasteiger partial charge in [-0.3, -0.25) is 0 Å². The van der Waals surface area contributed by atoms with E-state index in [1.165, 1.54) is 16.5 Å². The van der Waals surface area contributed by atoms with Crippen molar-refractivity contribution < 1.29 is 4.39 Å². The summed E-state index contributed by atoms with van der Waals surface area (Å²) in [6, 6.07) is 13.1. The Balaban J connectivity index is 1.71. The van der Waals surface area contributed by atoms with Crippen molar-refractivity contribution in [3.63, 3.8) is 0 Å². The highest BCUT2D eigenvalue weighted by Crippen LogP contribution is 2.39. The van der Waals surface area contributed by atoms with Crippen molar-refractivity contribution in [2.75, 3.05) is 17.6 Å². The van der Waals surface area contributed by atoms with E-state index in [1.807, 2.05) is 11.8 Å². The normalized spacial score (nSPS) is 17.3. The van der Waals surface area contributed by atoms with Crippen LogP contribution in [0, 0.1) is 5.82 Å². The van der Waals surface area contributed by atoms with Crippen LogP contribution in [-0.4, -0.2) is 12.3 Å². The Morgan fingerprint density at radius 1 is 1.26 bits per heavy atom. The maximum Gasteiger partial charge on any atom is 0.147 e. The van der Waals surface area contributed by atoms with Gasteiger partial charge in [0.25, 0.3) is 0 Å². The summed E-state index contributed by atoms with van der Waals surface area (Å²) in [7, 11) is 0. The van der Waals surface area contributed by atoms with E-state index in [9.17, 15) is 4.39 Å². The lowest BCUT2D eigenvalue weighted by atomic mass is 10.0. The van der Waals surface area contributed by atoms with E-state index in [2.05, 4.69) is 29.6 Å². The van der Waals surface area contributed by atoms with Gasteiger partial charge in [0.05, 0.1) is 5.69 Å². The summed E-state index contributed by atoms with van der Waals surface area (Å²) < 4.78 is 13.7. The Morgan fingerprint density at radius 3 is 2.95 bits per heavy atom. The van der Waals surface area contributed by atoms with E-state index >= 15 is 0 Å². The van der Waals surface area contributed by atoms with E-state index < -0.39 is 0 Å². The van der Waals surface area contributed by atoms with Gasteiger partial charge in [0.2, 0.25) is 0 Å². The second-order valence-electron chi connectivity index (χ2n) is 4.55. The number of nitrogens with one attached hydrogen (secondary N) is 1. The first-order valence-corrected chi connectivity index (χ1v) is 7.51. The van der Waals surface area contributed by atoms with Gasteiger partial charge in [-0.05, 0) is 29.8 Å². The minimum absolute atomic E-state index is 0.300. The van der Waals surface area contributed by atoms with E-state index in [4.69, 9.17) is 11.6 Å². The Labute approximate surface area is 121 Å². The van der Waals surface area contributed by atoms with E-state index in [0.29, 0.717) is 16.6 Å². The van der Waals surface area contributed by atoms with Crippen molar-refractivity contribution in [3.8, 4) is 0 Å². The molecule has 1 heterocycles. The zero-order valence-electron chi connectivity index (χ0n) is 10.2. The van der Waals surface area contributed by atoms with Crippen LogP contribution in [0.3, 0.4) is 0 Å². The summed E-state index contributed by atoms with van der Waals surface area (Å²) in [6.07, 6.45) is 0. The first-order chi connectivity index (χ1) is 9.24. The standard InChI is InChI=1S/C15H13ClFNS/c16-11-5-6-14(13(17)7-11)18-8-10-9-19-15-4-2-1-3-12(10)15/h1-7,10,18H,8-9H2. The average Bonchev–Trinajstić information content (AvgIpc) is 2.81. The summed E-state index contributed by atoms with van der Waals surface area (Å²) in [5, 5.41) is 3.60. The second-order valence-corrected chi connectivity index (χ2v) is 6.05. The fourth-order valence-electron chi connectivity index (χ4n) is 2.26. The van der Waals surface area contributed by atoms with Gasteiger partial charge in [-0.15, -0.1) is 11.8 Å². The molecule has 0 bridgehead atoms. The van der Waals surface area contributed by atoms with Crippen molar-refractivity contribution in [3.05, 3.63) is 58.9 Å². The van der Waals surface area contributed by atoms with Crippen molar-refractivity contribution in [2.24, 2.45) is 0 Å². The molecule has 0 radical (unpaired) electrons. The Hall–Kier alpha value is -1.19. The first-order valence-electron chi connectivity index (χ1n) is 6.14. The number of hydrogen-bond acceptors (Lipinski definition) is 2. The first kappa shape index (κ1) is 12.8. The fraction of sp³-hybridized carbons (Fsp3) is 0.200. The lowest BCUT2D eigenvalue weighted by Crippen LogP contribution is -2.13. The van der Waals surface area contributed by atoms with Crippen LogP contribution in [0.1, 0.15) is 11.5 Å². The predicted molar refractivity (Wildman–Crippen MR) is 79.8 cm³/mol. The molecule has 0 saturated heterocycles. The fourth-order valence-corrected chi connectivity index (χ4v) is 3.68. The average molecular weight is 294 g/mol. The topological polar surface area (TPSA) is 12.0 Å². The molecule has 0 aliphatic carbocycles. The molecule has 1 aliphatic rings. The number of fused-ring (bicyclic) bond motifs is 1. The highest BCUT2D eigenvalue weighted by Gasteiger charge is 2.22. The van der Waals surface area contributed by atoms with Gasteiger partial charge in [0.1, 0.15) is 5.82 Å². The molecule has 1 unspecified atom stereocenters. The molecule has 0 spiro atoms. The van der Waals surface area contributed by atoms with Gasteiger partial charge in [-0.25, -0.2) is 4.39 Å². The smallest absolute Gasteiger partial charge is 0.147 e. The van der Waals surface area contributed by atoms with Crippen LogP contribution in [0.2, 0.25) is 5.02 Å². The SMILES string of the molecule is Fc1cc(Cl)ccc1NCC1CSc2ccccc21. The minimum atomic E-state index is -0.300. The molecule has 0 amide bonds. The molecule has 0 aromatic heterocycles. The monoisotopic (exact) mass is 293 g/mol. The Morgan fingerprint density at radius 2 is 2.11 bits per heavy atom. The third kappa shape index (κ3) is 2.72. The van der Waals surface area contributed by atoms with Crippen LogP contribution < -0.4 is 5.32 Å². The highest BCUT2D eigenvalue weighted by atomic mass is 35.5. The van der Waals surface area contributed by atoms with Crippen molar-refractivity contribution in [2.45, 2.75) is 10.8 Å². The summed E-state index contributed by atoms with van der Waals surface area (Å²) in [4.78, 5) is 1.34. The molecule has 98 valence electrons. The van der Waals surface area contributed by atoms with Gasteiger partial charge < -0.3 is 5.32 Å². The predicted octanol–water partition coefficient (Wildman–Crippen LogP) is 4.78. The van der Waals surface area contributed by atoms with E-state index in [-0.39, 0.29) is 5.82 Å². The molecular formula is C15H13ClFNS. The third-order valence-corrected chi connectivity index (χ3v) is 4.76. The third-order valence-electron chi connectivity index (χ3n) is 3.27. The van der Waals surface area contributed by atoms with Crippen LogP contribution in [0.5, 0.6) is 0 Å². The maximum atomic E-state index is 13.7. The molecule has 0 saturated carbocycles. The van der Waals surface area contributed by atoms with E-state index in [0.717, 1.165) is 12.3 Å². The summed E-state index contributed by atoms with van der Waals surface area (Å²) >= 11 is 7.60. The summed E-state index contributed by atoms with van der Waals surface area (Å²) in [5.74, 6) is 1.17. The zero-order valence-corrected chi connectivity index (χ0v) is 11.8. The number of anilines is 1. The van der Waals surface area contributed by atoms with E-state index in [1.54, 1.807) is 12.1 Å². The molecule has 3 rings (SSSR count). The number of thioether (sulfide) groups is 1. The minimum Gasteiger partial charge on any atom is -0.382 e. The highest BCUT2D eigenvalue weighted by molar-refractivity contribution is 7.99. The van der Waals surface area contributed by atoms with Crippen molar-refractivity contribution in [1.29, 1.82) is 0 Å². The number of halogens is 2.